The molecule has 3 heteroatoms. The number of ether oxygens (including phenoxy) is 1. The van der Waals surface area contributed by atoms with Crippen molar-refractivity contribution >= 4 is 5.78 Å². The van der Waals surface area contributed by atoms with Crippen LogP contribution in [0.4, 0.5) is 0 Å². The summed E-state index contributed by atoms with van der Waals surface area (Å²) in [6.07, 6.45) is 6.04. The lowest BCUT2D eigenvalue weighted by Gasteiger charge is -2.19. The SMILES string of the molecule is CO[C@H]1/C=C(\C)Cc2occ(C)c2C(=O)C[C@H](C)C1. The number of rotatable bonds is 1. The molecule has 2 atom stereocenters. The number of carbonyl (C=O) groups is 1. The van der Waals surface area contributed by atoms with Crippen LogP contribution >= 0.6 is 0 Å². The van der Waals surface area contributed by atoms with Crippen molar-refractivity contribution in [3.8, 4) is 0 Å². The number of fused-ring (bicyclic) bond motifs is 1. The van der Waals surface area contributed by atoms with Crippen molar-refractivity contribution in [1.82, 2.24) is 0 Å². The van der Waals surface area contributed by atoms with Gasteiger partial charge >= 0.3 is 0 Å². The number of carbonyl (C=O) groups excluding carboxylic acids is 1. The molecule has 0 fully saturated rings. The summed E-state index contributed by atoms with van der Waals surface area (Å²) in [7, 11) is 1.72. The second-order valence-electron chi connectivity index (χ2n) is 5.65. The monoisotopic (exact) mass is 262 g/mol. The van der Waals surface area contributed by atoms with Crippen molar-refractivity contribution in [1.29, 1.82) is 0 Å². The van der Waals surface area contributed by atoms with Crippen molar-refractivity contribution < 1.29 is 13.9 Å². The topological polar surface area (TPSA) is 39.4 Å². The van der Waals surface area contributed by atoms with Crippen molar-refractivity contribution in [3.63, 3.8) is 0 Å². The van der Waals surface area contributed by atoms with E-state index in [-0.39, 0.29) is 11.9 Å². The number of methoxy groups -OCH3 is 1. The molecule has 0 aliphatic heterocycles. The number of aryl methyl sites for hydroxylation is 1. The van der Waals surface area contributed by atoms with Crippen LogP contribution in [0.5, 0.6) is 0 Å². The first kappa shape index (κ1) is 14.1. The van der Waals surface area contributed by atoms with Crippen molar-refractivity contribution in [2.45, 2.75) is 46.1 Å². The van der Waals surface area contributed by atoms with E-state index in [0.717, 1.165) is 23.3 Å². The van der Waals surface area contributed by atoms with Crippen LogP contribution in [0.2, 0.25) is 0 Å². The largest absolute Gasteiger partial charge is 0.468 e. The number of hydrogen-bond acceptors (Lipinski definition) is 3. The first-order valence-electron chi connectivity index (χ1n) is 6.81. The van der Waals surface area contributed by atoms with E-state index in [4.69, 9.17) is 9.15 Å². The third-order valence-electron chi connectivity index (χ3n) is 3.71. The van der Waals surface area contributed by atoms with Gasteiger partial charge in [-0.05, 0) is 31.7 Å². The molecule has 2 rings (SSSR count). The minimum Gasteiger partial charge on any atom is -0.468 e. The summed E-state index contributed by atoms with van der Waals surface area (Å²) in [5.41, 5.74) is 2.92. The predicted octanol–water partition coefficient (Wildman–Crippen LogP) is 3.70. The summed E-state index contributed by atoms with van der Waals surface area (Å²) < 4.78 is 11.0. The summed E-state index contributed by atoms with van der Waals surface area (Å²) in [6, 6.07) is 0. The Labute approximate surface area is 114 Å². The maximum atomic E-state index is 12.4. The molecule has 1 aromatic rings. The lowest BCUT2D eigenvalue weighted by Crippen LogP contribution is -2.18. The Bertz CT molecular complexity index is 496. The van der Waals surface area contributed by atoms with Gasteiger partial charge < -0.3 is 9.15 Å². The van der Waals surface area contributed by atoms with Crippen LogP contribution in [0.1, 0.15) is 48.4 Å². The molecule has 19 heavy (non-hydrogen) atoms. The van der Waals surface area contributed by atoms with Crippen molar-refractivity contribution in [2.24, 2.45) is 5.92 Å². The van der Waals surface area contributed by atoms with Gasteiger partial charge in [-0.3, -0.25) is 4.79 Å². The highest BCUT2D eigenvalue weighted by atomic mass is 16.5. The Balaban J connectivity index is 2.40. The van der Waals surface area contributed by atoms with Gasteiger partial charge in [-0.25, -0.2) is 0 Å². The van der Waals surface area contributed by atoms with Gasteiger partial charge in [0, 0.05) is 20.0 Å². The molecule has 0 unspecified atom stereocenters. The molecular formula is C16H22O3. The van der Waals surface area contributed by atoms with Crippen LogP contribution in [-0.4, -0.2) is 19.0 Å². The van der Waals surface area contributed by atoms with Gasteiger partial charge in [-0.1, -0.05) is 18.6 Å². The van der Waals surface area contributed by atoms with Gasteiger partial charge in [-0.15, -0.1) is 0 Å². The van der Waals surface area contributed by atoms with Crippen molar-refractivity contribution in [3.05, 3.63) is 34.8 Å². The number of Topliss-reactive ketones (excluding diaryl/α,β-unsaturated/α-hetero) is 1. The highest BCUT2D eigenvalue weighted by Crippen LogP contribution is 2.26. The molecule has 1 aromatic heterocycles. The van der Waals surface area contributed by atoms with E-state index < -0.39 is 0 Å². The zero-order valence-corrected chi connectivity index (χ0v) is 12.2. The van der Waals surface area contributed by atoms with Crippen LogP contribution in [-0.2, 0) is 11.2 Å². The van der Waals surface area contributed by atoms with Crippen LogP contribution in [0, 0.1) is 12.8 Å². The smallest absolute Gasteiger partial charge is 0.166 e. The Morgan fingerprint density at radius 1 is 1.37 bits per heavy atom. The summed E-state index contributed by atoms with van der Waals surface area (Å²) >= 11 is 0. The van der Waals surface area contributed by atoms with Gasteiger partial charge in [0.05, 0.1) is 17.9 Å². The van der Waals surface area contributed by atoms with Gasteiger partial charge in [-0.2, -0.15) is 0 Å². The highest BCUT2D eigenvalue weighted by molar-refractivity contribution is 5.98. The Kier molecular flexibility index (Phi) is 4.25. The molecular weight excluding hydrogens is 240 g/mol. The molecule has 0 spiro atoms. The predicted molar refractivity (Wildman–Crippen MR) is 74.4 cm³/mol. The first-order chi connectivity index (χ1) is 9.01. The zero-order chi connectivity index (χ0) is 14.0. The highest BCUT2D eigenvalue weighted by Gasteiger charge is 2.23. The zero-order valence-electron chi connectivity index (χ0n) is 12.2. The van der Waals surface area contributed by atoms with Gasteiger partial charge in [0.1, 0.15) is 5.76 Å². The van der Waals surface area contributed by atoms with E-state index in [1.807, 2.05) is 6.92 Å². The molecule has 0 radical (unpaired) electrons. The van der Waals surface area contributed by atoms with E-state index in [0.29, 0.717) is 18.8 Å². The second kappa shape index (κ2) is 5.74. The quantitative estimate of drug-likeness (QED) is 0.724. The first-order valence-corrected chi connectivity index (χ1v) is 6.81. The molecule has 3 nitrogen and oxygen atoms in total. The number of furan rings is 1. The van der Waals surface area contributed by atoms with Crippen LogP contribution in [0.3, 0.4) is 0 Å². The summed E-state index contributed by atoms with van der Waals surface area (Å²) in [6.45, 7) is 6.10. The standard InChI is InChI=1S/C16H22O3/c1-10-5-13(18-4)6-11(2)8-15-16(14(17)7-10)12(3)9-19-15/h6,9-10,13H,5,7-8H2,1-4H3/b11-6+/t10-,13-/m1/s1. The van der Waals surface area contributed by atoms with Gasteiger partial charge in [0.25, 0.3) is 0 Å². The third kappa shape index (κ3) is 3.16. The molecule has 0 saturated carbocycles. The third-order valence-corrected chi connectivity index (χ3v) is 3.71. The summed E-state index contributed by atoms with van der Waals surface area (Å²) in [5.74, 6) is 1.29. The molecule has 0 N–H and O–H groups in total. The average molecular weight is 262 g/mol. The normalized spacial score (nSPS) is 27.6. The average Bonchev–Trinajstić information content (AvgIpc) is 2.68. The van der Waals surface area contributed by atoms with Crippen molar-refractivity contribution in [2.75, 3.05) is 7.11 Å². The number of ketones is 1. The molecule has 0 bridgehead atoms. The van der Waals surface area contributed by atoms with Gasteiger partial charge in [0.2, 0.25) is 0 Å². The van der Waals surface area contributed by atoms with E-state index in [9.17, 15) is 4.79 Å². The Morgan fingerprint density at radius 2 is 2.11 bits per heavy atom. The lowest BCUT2D eigenvalue weighted by molar-refractivity contribution is 0.0913. The maximum absolute atomic E-state index is 12.4. The van der Waals surface area contributed by atoms with E-state index in [2.05, 4.69) is 19.9 Å². The van der Waals surface area contributed by atoms with Gasteiger partial charge in [0.15, 0.2) is 5.78 Å². The Morgan fingerprint density at radius 3 is 2.79 bits per heavy atom. The minimum absolute atomic E-state index is 0.0837. The molecule has 0 saturated heterocycles. The molecule has 0 amide bonds. The van der Waals surface area contributed by atoms with Crippen LogP contribution < -0.4 is 0 Å². The van der Waals surface area contributed by atoms with E-state index in [1.165, 1.54) is 5.57 Å². The summed E-state index contributed by atoms with van der Waals surface area (Å²) in [5, 5.41) is 0. The maximum Gasteiger partial charge on any atom is 0.166 e. The molecule has 1 aliphatic rings. The van der Waals surface area contributed by atoms with Crippen LogP contribution in [0.25, 0.3) is 0 Å². The Hall–Kier alpha value is -1.35. The fourth-order valence-electron chi connectivity index (χ4n) is 2.76. The fourth-order valence-corrected chi connectivity index (χ4v) is 2.76. The molecule has 0 aromatic carbocycles. The minimum atomic E-state index is 0.0837. The van der Waals surface area contributed by atoms with E-state index in [1.54, 1.807) is 13.4 Å². The number of allylic oxidation sites excluding steroid dienone is 1. The lowest BCUT2D eigenvalue weighted by atomic mass is 9.90. The second-order valence-corrected chi connectivity index (χ2v) is 5.65. The van der Waals surface area contributed by atoms with Crippen LogP contribution in [0.15, 0.2) is 22.3 Å². The summed E-state index contributed by atoms with van der Waals surface area (Å²) in [4.78, 5) is 12.4. The number of hydrogen-bond donors (Lipinski definition) is 0. The molecule has 104 valence electrons. The molecule has 1 heterocycles. The fraction of sp³-hybridized carbons (Fsp3) is 0.562. The van der Waals surface area contributed by atoms with E-state index >= 15 is 0 Å². The molecule has 1 aliphatic carbocycles.